The van der Waals surface area contributed by atoms with Crippen LogP contribution in [0.15, 0.2) is 24.3 Å². The number of thiophene rings is 1. The van der Waals surface area contributed by atoms with Gasteiger partial charge in [-0.15, -0.1) is 11.3 Å². The molecule has 1 aromatic heterocycles. The summed E-state index contributed by atoms with van der Waals surface area (Å²) in [5.74, 6) is 1.27. The van der Waals surface area contributed by atoms with Crippen molar-refractivity contribution in [3.8, 4) is 5.75 Å². The summed E-state index contributed by atoms with van der Waals surface area (Å²) < 4.78 is 5.68. The largest absolute Gasteiger partial charge is 0.493 e. The Morgan fingerprint density at radius 2 is 1.89 bits per heavy atom. The van der Waals surface area contributed by atoms with Crippen LogP contribution in [0, 0.1) is 13.8 Å². The number of hydrogen-bond donors (Lipinski definition) is 1. The zero-order valence-corrected chi connectivity index (χ0v) is 18.3. The van der Waals surface area contributed by atoms with Crippen LogP contribution in [0.5, 0.6) is 5.75 Å². The Kier molecular flexibility index (Phi) is 7.91. The number of benzene rings is 1. The molecule has 0 saturated heterocycles. The average Bonchev–Trinajstić information content (AvgIpc) is 2.97. The van der Waals surface area contributed by atoms with Crippen LogP contribution >= 0.6 is 11.3 Å². The highest BCUT2D eigenvalue weighted by Gasteiger charge is 2.26. The standard InChI is InChI=1S/C19H23NO2S.C4H10/c1-11(2)17-12(3)13(4)23-18(17)19(21)20-15-9-10-22-16-8-6-5-7-14(15)16;1-3-4-2/h5-8,11,15H,9-10H2,1-4H3,(H,20,21);3-4H2,1-2H3. The van der Waals surface area contributed by atoms with E-state index in [9.17, 15) is 4.79 Å². The summed E-state index contributed by atoms with van der Waals surface area (Å²) in [4.78, 5) is 15.0. The van der Waals surface area contributed by atoms with Gasteiger partial charge in [0.2, 0.25) is 0 Å². The van der Waals surface area contributed by atoms with Gasteiger partial charge in [-0.05, 0) is 37.0 Å². The zero-order chi connectivity index (χ0) is 20.0. The Hall–Kier alpha value is -1.81. The van der Waals surface area contributed by atoms with Crippen LogP contribution in [0.4, 0.5) is 0 Å². The number of carbonyl (C=O) groups excluding carboxylic acids is 1. The number of hydrogen-bond acceptors (Lipinski definition) is 3. The molecule has 0 fully saturated rings. The molecule has 148 valence electrons. The SMILES string of the molecule is CCCC.Cc1sc(C(=O)NC2CCOc3ccccc32)c(C(C)C)c1C. The number of nitrogens with one attached hydrogen (secondary N) is 1. The minimum Gasteiger partial charge on any atom is -0.493 e. The van der Waals surface area contributed by atoms with Crippen molar-refractivity contribution >= 4 is 17.2 Å². The summed E-state index contributed by atoms with van der Waals surface area (Å²) in [5.41, 5.74) is 3.51. The number of aryl methyl sites for hydroxylation is 1. The molecule has 1 unspecified atom stereocenters. The van der Waals surface area contributed by atoms with Crippen molar-refractivity contribution in [2.45, 2.75) is 72.8 Å². The van der Waals surface area contributed by atoms with E-state index in [2.05, 4.69) is 46.9 Å². The molecular formula is C23H33NO2S. The van der Waals surface area contributed by atoms with E-state index < -0.39 is 0 Å². The first-order valence-corrected chi connectivity index (χ1v) is 10.8. The molecule has 1 aliphatic heterocycles. The monoisotopic (exact) mass is 387 g/mol. The normalized spacial score (nSPS) is 15.4. The summed E-state index contributed by atoms with van der Waals surface area (Å²) >= 11 is 1.60. The van der Waals surface area contributed by atoms with Crippen molar-refractivity contribution < 1.29 is 9.53 Å². The maximum atomic E-state index is 12.9. The maximum Gasteiger partial charge on any atom is 0.262 e. The third-order valence-electron chi connectivity index (χ3n) is 4.98. The van der Waals surface area contributed by atoms with E-state index in [0.29, 0.717) is 12.5 Å². The average molecular weight is 388 g/mol. The van der Waals surface area contributed by atoms with E-state index in [1.165, 1.54) is 28.8 Å². The van der Waals surface area contributed by atoms with Crippen LogP contribution < -0.4 is 10.1 Å². The fourth-order valence-corrected chi connectivity index (χ4v) is 4.44. The van der Waals surface area contributed by atoms with Crippen molar-refractivity contribution in [1.82, 2.24) is 5.32 Å². The van der Waals surface area contributed by atoms with Crippen molar-refractivity contribution in [3.63, 3.8) is 0 Å². The minimum atomic E-state index is 0.0233. The zero-order valence-electron chi connectivity index (χ0n) is 17.5. The number of amides is 1. The summed E-state index contributed by atoms with van der Waals surface area (Å²) in [5, 5.41) is 3.22. The second kappa shape index (κ2) is 9.93. The van der Waals surface area contributed by atoms with Gasteiger partial charge in [0.25, 0.3) is 5.91 Å². The molecule has 0 saturated carbocycles. The Balaban J connectivity index is 0.000000596. The molecule has 1 amide bonds. The Labute approximate surface area is 168 Å². The summed E-state index contributed by atoms with van der Waals surface area (Å²) in [6.45, 7) is 13.5. The van der Waals surface area contributed by atoms with Crippen LogP contribution in [0.2, 0.25) is 0 Å². The van der Waals surface area contributed by atoms with Crippen LogP contribution in [-0.2, 0) is 0 Å². The van der Waals surface area contributed by atoms with E-state index in [0.717, 1.165) is 22.6 Å². The van der Waals surface area contributed by atoms with Gasteiger partial charge in [0.05, 0.1) is 17.5 Å². The lowest BCUT2D eigenvalue weighted by molar-refractivity contribution is 0.0927. The highest BCUT2D eigenvalue weighted by atomic mass is 32.1. The lowest BCUT2D eigenvalue weighted by atomic mass is 9.97. The molecule has 1 aromatic carbocycles. The van der Waals surface area contributed by atoms with Crippen LogP contribution in [-0.4, -0.2) is 12.5 Å². The molecule has 3 rings (SSSR count). The minimum absolute atomic E-state index is 0.0233. The second-order valence-corrected chi connectivity index (χ2v) is 8.61. The molecule has 1 aliphatic rings. The number of rotatable bonds is 4. The molecule has 1 atom stereocenters. The lowest BCUT2D eigenvalue weighted by Gasteiger charge is -2.26. The predicted octanol–water partition coefficient (Wildman–Crippen LogP) is 6.55. The molecule has 0 radical (unpaired) electrons. The molecule has 0 spiro atoms. The molecule has 3 nitrogen and oxygen atoms in total. The molecular weight excluding hydrogens is 354 g/mol. The van der Waals surface area contributed by atoms with E-state index in [1.54, 1.807) is 11.3 Å². The van der Waals surface area contributed by atoms with E-state index in [4.69, 9.17) is 4.74 Å². The Morgan fingerprint density at radius 1 is 1.22 bits per heavy atom. The Morgan fingerprint density at radius 3 is 2.52 bits per heavy atom. The number of para-hydroxylation sites is 1. The molecule has 0 aliphatic carbocycles. The lowest BCUT2D eigenvalue weighted by Crippen LogP contribution is -2.32. The summed E-state index contributed by atoms with van der Waals surface area (Å²) in [6.07, 6.45) is 3.45. The third kappa shape index (κ3) is 5.13. The van der Waals surface area contributed by atoms with Crippen LogP contribution in [0.25, 0.3) is 0 Å². The predicted molar refractivity (Wildman–Crippen MR) is 115 cm³/mol. The molecule has 1 N–H and O–H groups in total. The second-order valence-electron chi connectivity index (χ2n) is 7.38. The molecule has 27 heavy (non-hydrogen) atoms. The fourth-order valence-electron chi connectivity index (χ4n) is 3.22. The maximum absolute atomic E-state index is 12.9. The molecule has 4 heteroatoms. The van der Waals surface area contributed by atoms with Gasteiger partial charge in [0, 0.05) is 16.9 Å². The Bertz CT molecular complexity index is 762. The number of carbonyl (C=O) groups is 1. The van der Waals surface area contributed by atoms with Crippen molar-refractivity contribution in [2.24, 2.45) is 0 Å². The van der Waals surface area contributed by atoms with E-state index >= 15 is 0 Å². The van der Waals surface area contributed by atoms with Crippen LogP contribution in [0.3, 0.4) is 0 Å². The van der Waals surface area contributed by atoms with Gasteiger partial charge in [-0.25, -0.2) is 0 Å². The van der Waals surface area contributed by atoms with Gasteiger partial charge in [-0.1, -0.05) is 58.7 Å². The third-order valence-corrected chi connectivity index (χ3v) is 6.20. The van der Waals surface area contributed by atoms with Gasteiger partial charge < -0.3 is 10.1 Å². The van der Waals surface area contributed by atoms with Crippen LogP contribution in [0.1, 0.15) is 90.2 Å². The number of ether oxygens (including phenoxy) is 1. The first kappa shape index (κ1) is 21.5. The molecule has 2 aromatic rings. The van der Waals surface area contributed by atoms with E-state index in [-0.39, 0.29) is 11.9 Å². The first-order chi connectivity index (χ1) is 12.9. The van der Waals surface area contributed by atoms with Gasteiger partial charge in [-0.2, -0.15) is 0 Å². The number of unbranched alkanes of at least 4 members (excludes halogenated alkanes) is 1. The van der Waals surface area contributed by atoms with Gasteiger partial charge in [0.15, 0.2) is 0 Å². The quantitative estimate of drug-likeness (QED) is 0.646. The molecule has 0 bridgehead atoms. The van der Waals surface area contributed by atoms with Crippen molar-refractivity contribution in [3.05, 3.63) is 50.7 Å². The highest BCUT2D eigenvalue weighted by Crippen LogP contribution is 2.35. The van der Waals surface area contributed by atoms with Crippen molar-refractivity contribution in [1.29, 1.82) is 0 Å². The summed E-state index contributed by atoms with van der Waals surface area (Å²) in [7, 11) is 0. The highest BCUT2D eigenvalue weighted by molar-refractivity contribution is 7.14. The van der Waals surface area contributed by atoms with E-state index in [1.807, 2.05) is 24.3 Å². The smallest absolute Gasteiger partial charge is 0.262 e. The van der Waals surface area contributed by atoms with Gasteiger partial charge in [0.1, 0.15) is 5.75 Å². The summed E-state index contributed by atoms with van der Waals surface area (Å²) in [6, 6.07) is 7.98. The number of fused-ring (bicyclic) bond motifs is 1. The fraction of sp³-hybridized carbons (Fsp3) is 0.522. The van der Waals surface area contributed by atoms with Gasteiger partial charge in [-0.3, -0.25) is 4.79 Å². The van der Waals surface area contributed by atoms with Crippen molar-refractivity contribution in [2.75, 3.05) is 6.61 Å². The van der Waals surface area contributed by atoms with Gasteiger partial charge >= 0.3 is 0 Å². The topological polar surface area (TPSA) is 38.3 Å². The molecule has 2 heterocycles. The first-order valence-electron chi connectivity index (χ1n) is 10.0.